The molecule has 0 amide bonds. The number of rotatable bonds is 2. The Bertz CT molecular complexity index is 654. The Hall–Kier alpha value is -1.31. The van der Waals surface area contributed by atoms with Gasteiger partial charge in [-0.1, -0.05) is 11.6 Å². The van der Waals surface area contributed by atoms with Gasteiger partial charge in [0.2, 0.25) is 5.96 Å². The van der Waals surface area contributed by atoms with Crippen molar-refractivity contribution in [2.45, 2.75) is 23.8 Å². The first-order valence-corrected chi connectivity index (χ1v) is 8.16. The number of nitrogens with zero attached hydrogens (tertiary/aromatic N) is 1. The summed E-state index contributed by atoms with van der Waals surface area (Å²) in [5, 5.41) is 3.32. The van der Waals surface area contributed by atoms with Crippen LogP contribution in [0.4, 0.5) is 5.69 Å². The lowest BCUT2D eigenvalue weighted by Gasteiger charge is -2.21. The maximum absolute atomic E-state index is 12.1. The summed E-state index contributed by atoms with van der Waals surface area (Å²) in [6.45, 7) is 1.18. The van der Waals surface area contributed by atoms with Gasteiger partial charge in [-0.15, -0.1) is 0 Å². The van der Waals surface area contributed by atoms with E-state index in [1.807, 2.05) is 0 Å². The zero-order valence-corrected chi connectivity index (χ0v) is 12.2. The lowest BCUT2D eigenvalue weighted by atomic mass is 10.2. The van der Waals surface area contributed by atoms with Crippen molar-refractivity contribution in [2.75, 3.05) is 18.5 Å². The Morgan fingerprint density at radius 2 is 2.30 bits per heavy atom. The van der Waals surface area contributed by atoms with E-state index in [2.05, 4.69) is 15.0 Å². The van der Waals surface area contributed by atoms with E-state index in [-0.39, 0.29) is 17.0 Å². The van der Waals surface area contributed by atoms with Crippen LogP contribution in [0, 0.1) is 0 Å². The summed E-state index contributed by atoms with van der Waals surface area (Å²) < 4.78 is 32.1. The number of anilines is 1. The molecule has 2 N–H and O–H groups in total. The smallest absolute Gasteiger partial charge is 0.266 e. The fourth-order valence-corrected chi connectivity index (χ4v) is 3.62. The fraction of sp³-hybridized carbons (Fsp3) is 0.417. The summed E-state index contributed by atoms with van der Waals surface area (Å²) in [7, 11) is -3.63. The molecule has 3 rings (SSSR count). The number of ether oxygens (including phenoxy) is 1. The van der Waals surface area contributed by atoms with E-state index in [0.717, 1.165) is 19.4 Å². The van der Waals surface area contributed by atoms with E-state index in [1.54, 1.807) is 12.1 Å². The van der Waals surface area contributed by atoms with E-state index in [9.17, 15) is 8.42 Å². The number of guanidine groups is 1. The fourth-order valence-electron chi connectivity index (χ4n) is 2.21. The van der Waals surface area contributed by atoms with Crippen molar-refractivity contribution < 1.29 is 13.2 Å². The van der Waals surface area contributed by atoms with Crippen molar-refractivity contribution in [1.29, 1.82) is 0 Å². The van der Waals surface area contributed by atoms with Crippen LogP contribution in [-0.2, 0) is 14.8 Å². The summed E-state index contributed by atoms with van der Waals surface area (Å²) in [6.07, 6.45) is 2.05. The van der Waals surface area contributed by atoms with Crippen molar-refractivity contribution in [1.82, 2.24) is 4.72 Å². The van der Waals surface area contributed by atoms with Gasteiger partial charge < -0.3 is 10.1 Å². The van der Waals surface area contributed by atoms with Gasteiger partial charge in [0.25, 0.3) is 10.0 Å². The van der Waals surface area contributed by atoms with Gasteiger partial charge in [0.1, 0.15) is 4.90 Å². The first kappa shape index (κ1) is 13.7. The molecule has 6 nitrogen and oxygen atoms in total. The molecule has 8 heteroatoms. The van der Waals surface area contributed by atoms with Crippen LogP contribution in [0.3, 0.4) is 0 Å². The molecule has 2 heterocycles. The van der Waals surface area contributed by atoms with Crippen molar-refractivity contribution in [3.05, 3.63) is 23.2 Å². The van der Waals surface area contributed by atoms with Gasteiger partial charge in [0, 0.05) is 11.6 Å². The minimum Gasteiger partial charge on any atom is -0.376 e. The monoisotopic (exact) mass is 315 g/mol. The number of hydrogen-bond donors (Lipinski definition) is 2. The number of fused-ring (bicyclic) bond motifs is 1. The number of halogens is 1. The Morgan fingerprint density at radius 1 is 1.45 bits per heavy atom. The first-order valence-electron chi connectivity index (χ1n) is 6.30. The third kappa shape index (κ3) is 2.74. The highest BCUT2D eigenvalue weighted by atomic mass is 35.5. The van der Waals surface area contributed by atoms with Gasteiger partial charge in [-0.3, -0.25) is 0 Å². The van der Waals surface area contributed by atoms with Crippen LogP contribution in [-0.4, -0.2) is 33.6 Å². The molecule has 0 bridgehead atoms. The Morgan fingerprint density at radius 3 is 3.05 bits per heavy atom. The number of nitrogens with one attached hydrogen (secondary N) is 2. The zero-order chi connectivity index (χ0) is 14.2. The zero-order valence-electron chi connectivity index (χ0n) is 10.6. The molecule has 1 aromatic carbocycles. The lowest BCUT2D eigenvalue weighted by Crippen LogP contribution is -2.41. The molecule has 0 radical (unpaired) electrons. The molecule has 0 saturated carbocycles. The number of sulfonamides is 1. The maximum Gasteiger partial charge on any atom is 0.266 e. The van der Waals surface area contributed by atoms with Gasteiger partial charge in [0.05, 0.1) is 18.3 Å². The third-order valence-electron chi connectivity index (χ3n) is 3.19. The molecule has 0 aromatic heterocycles. The molecule has 20 heavy (non-hydrogen) atoms. The van der Waals surface area contributed by atoms with Crippen molar-refractivity contribution >= 4 is 33.3 Å². The third-order valence-corrected chi connectivity index (χ3v) is 4.81. The second-order valence-corrected chi connectivity index (χ2v) is 6.78. The van der Waals surface area contributed by atoms with Gasteiger partial charge in [-0.05, 0) is 31.0 Å². The molecular formula is C12H14ClN3O3S. The van der Waals surface area contributed by atoms with Crippen LogP contribution in [0.25, 0.3) is 0 Å². The number of aliphatic imine (C=N–C) groups is 1. The molecule has 1 fully saturated rings. The summed E-state index contributed by atoms with van der Waals surface area (Å²) in [5.41, 5.74) is 0.472. The number of benzene rings is 1. The lowest BCUT2D eigenvalue weighted by molar-refractivity contribution is 0.118. The Labute approximate surface area is 122 Å². The molecule has 2 aliphatic heterocycles. The highest BCUT2D eigenvalue weighted by Gasteiger charge is 2.27. The van der Waals surface area contributed by atoms with Crippen LogP contribution in [0.15, 0.2) is 28.1 Å². The second kappa shape index (κ2) is 5.23. The SMILES string of the molecule is O=S1(=O)NC(=NCC2CCCO2)Nc2ccc(Cl)cc21. The molecular weight excluding hydrogens is 302 g/mol. The second-order valence-electron chi connectivity index (χ2n) is 4.70. The van der Waals surface area contributed by atoms with Gasteiger partial charge in [0.15, 0.2) is 0 Å². The molecule has 2 aliphatic rings. The Balaban J connectivity index is 1.84. The minimum atomic E-state index is -3.63. The van der Waals surface area contributed by atoms with E-state index < -0.39 is 10.0 Å². The van der Waals surface area contributed by atoms with Crippen LogP contribution >= 0.6 is 11.6 Å². The average molecular weight is 316 g/mol. The standard InChI is InChI=1S/C12H14ClN3O3S/c13-8-3-4-10-11(6-8)20(17,18)16-12(15-10)14-7-9-2-1-5-19-9/h3-4,6,9H,1-2,5,7H2,(H2,14,15,16). The normalized spacial score (nSPS) is 25.9. The molecule has 1 unspecified atom stereocenters. The highest BCUT2D eigenvalue weighted by molar-refractivity contribution is 7.90. The topological polar surface area (TPSA) is 79.8 Å². The van der Waals surface area contributed by atoms with E-state index in [1.165, 1.54) is 6.07 Å². The molecule has 108 valence electrons. The minimum absolute atomic E-state index is 0.0698. The van der Waals surface area contributed by atoms with Crippen molar-refractivity contribution in [3.63, 3.8) is 0 Å². The molecule has 1 saturated heterocycles. The summed E-state index contributed by atoms with van der Waals surface area (Å²) in [5.74, 6) is 0.218. The van der Waals surface area contributed by atoms with Gasteiger partial charge in [-0.2, -0.15) is 0 Å². The van der Waals surface area contributed by atoms with Gasteiger partial charge >= 0.3 is 0 Å². The molecule has 1 aromatic rings. The average Bonchev–Trinajstić information content (AvgIpc) is 2.90. The van der Waals surface area contributed by atoms with E-state index in [0.29, 0.717) is 17.3 Å². The first-order chi connectivity index (χ1) is 9.54. The predicted molar refractivity (Wildman–Crippen MR) is 76.7 cm³/mol. The van der Waals surface area contributed by atoms with Crippen LogP contribution in [0.1, 0.15) is 12.8 Å². The summed E-state index contributed by atoms with van der Waals surface area (Å²) in [4.78, 5) is 4.37. The predicted octanol–water partition coefficient (Wildman–Crippen LogP) is 1.58. The van der Waals surface area contributed by atoms with Crippen LogP contribution in [0.5, 0.6) is 0 Å². The van der Waals surface area contributed by atoms with E-state index in [4.69, 9.17) is 16.3 Å². The molecule has 1 atom stereocenters. The quantitative estimate of drug-likeness (QED) is 0.868. The Kier molecular flexibility index (Phi) is 3.57. The molecule has 0 aliphatic carbocycles. The summed E-state index contributed by atoms with van der Waals surface area (Å²) >= 11 is 5.82. The largest absolute Gasteiger partial charge is 0.376 e. The van der Waals surface area contributed by atoms with Gasteiger partial charge in [-0.25, -0.2) is 18.1 Å². The number of hydrogen-bond acceptors (Lipinski definition) is 4. The van der Waals surface area contributed by atoms with Crippen molar-refractivity contribution in [2.24, 2.45) is 4.99 Å². The van der Waals surface area contributed by atoms with E-state index >= 15 is 0 Å². The highest BCUT2D eigenvalue weighted by Crippen LogP contribution is 2.27. The van der Waals surface area contributed by atoms with Crippen LogP contribution < -0.4 is 10.0 Å². The maximum atomic E-state index is 12.1. The summed E-state index contributed by atoms with van der Waals surface area (Å²) in [6, 6.07) is 4.66. The van der Waals surface area contributed by atoms with Crippen molar-refractivity contribution in [3.8, 4) is 0 Å². The molecule has 0 spiro atoms. The van der Waals surface area contributed by atoms with Crippen LogP contribution in [0.2, 0.25) is 5.02 Å².